The fourth-order valence-electron chi connectivity index (χ4n) is 3.75. The highest BCUT2D eigenvalue weighted by molar-refractivity contribution is 9.10. The zero-order valence-electron chi connectivity index (χ0n) is 16.0. The minimum atomic E-state index is -0.297. The molecule has 0 aliphatic carbocycles. The first-order valence-corrected chi connectivity index (χ1v) is 11.2. The molecule has 4 rings (SSSR count). The predicted molar refractivity (Wildman–Crippen MR) is 112 cm³/mol. The van der Waals surface area contributed by atoms with Crippen LogP contribution >= 0.6 is 27.7 Å². The van der Waals surface area contributed by atoms with Crippen molar-refractivity contribution in [1.29, 1.82) is 0 Å². The third kappa shape index (κ3) is 3.74. The summed E-state index contributed by atoms with van der Waals surface area (Å²) < 4.78 is 8.10. The van der Waals surface area contributed by atoms with Crippen molar-refractivity contribution in [3.8, 4) is 5.75 Å². The third-order valence-electron chi connectivity index (χ3n) is 5.29. The number of aryl methyl sites for hydroxylation is 1. The number of nitrogens with one attached hydrogen (secondary N) is 1. The Morgan fingerprint density at radius 3 is 2.68 bits per heavy atom. The van der Waals surface area contributed by atoms with Gasteiger partial charge in [0.05, 0.1) is 17.6 Å². The Labute approximate surface area is 177 Å². The van der Waals surface area contributed by atoms with Gasteiger partial charge in [0.25, 0.3) is 0 Å². The molecular weight excluding hydrogens is 442 g/mol. The normalized spacial score (nSPS) is 22.2. The van der Waals surface area contributed by atoms with Gasteiger partial charge in [-0.15, -0.1) is 10.2 Å². The van der Waals surface area contributed by atoms with Gasteiger partial charge in [0.1, 0.15) is 16.8 Å². The number of carbonyl (C=O) groups excluding carboxylic acids is 1. The molecule has 1 amide bonds. The van der Waals surface area contributed by atoms with Crippen LogP contribution in [0.4, 0.5) is 0 Å². The number of nitrogens with zero attached hydrogens (tertiary/aromatic N) is 4. The molecule has 9 heteroatoms. The van der Waals surface area contributed by atoms with Gasteiger partial charge in [-0.2, -0.15) is 0 Å². The average molecular weight is 466 g/mol. The summed E-state index contributed by atoms with van der Waals surface area (Å²) in [5.41, 5.74) is 4.49. The number of ether oxygens (including phenoxy) is 1. The summed E-state index contributed by atoms with van der Waals surface area (Å²) in [4.78, 5) is 15.5. The van der Waals surface area contributed by atoms with E-state index in [1.54, 1.807) is 7.11 Å². The molecule has 1 aromatic heterocycles. The molecule has 28 heavy (non-hydrogen) atoms. The fourth-order valence-corrected chi connectivity index (χ4v) is 5.51. The van der Waals surface area contributed by atoms with E-state index in [1.807, 2.05) is 34.7 Å². The number of thioether (sulfide) groups is 1. The second-order valence-corrected chi connectivity index (χ2v) is 9.11. The second kappa shape index (κ2) is 8.32. The number of methoxy groups -OCH3 is 1. The first-order chi connectivity index (χ1) is 13.6. The van der Waals surface area contributed by atoms with Gasteiger partial charge in [0.15, 0.2) is 0 Å². The van der Waals surface area contributed by atoms with E-state index in [2.05, 4.69) is 31.6 Å². The summed E-state index contributed by atoms with van der Waals surface area (Å²) in [7, 11) is 1.65. The van der Waals surface area contributed by atoms with Gasteiger partial charge in [-0.3, -0.25) is 4.79 Å². The van der Waals surface area contributed by atoms with Crippen LogP contribution in [0.1, 0.15) is 43.1 Å². The molecule has 1 aromatic carbocycles. The Morgan fingerprint density at radius 1 is 1.25 bits per heavy atom. The molecule has 0 radical (unpaired) electrons. The van der Waals surface area contributed by atoms with E-state index in [0.717, 1.165) is 52.7 Å². The van der Waals surface area contributed by atoms with E-state index >= 15 is 0 Å². The van der Waals surface area contributed by atoms with Gasteiger partial charge in [-0.05, 0) is 53.4 Å². The van der Waals surface area contributed by atoms with E-state index < -0.39 is 0 Å². The minimum absolute atomic E-state index is 0.170. The number of amides is 1. The summed E-state index contributed by atoms with van der Waals surface area (Å²) in [6.07, 6.45) is 4.54. The van der Waals surface area contributed by atoms with Crippen molar-refractivity contribution in [2.45, 2.75) is 49.1 Å². The van der Waals surface area contributed by atoms with Gasteiger partial charge in [0, 0.05) is 13.1 Å². The monoisotopic (exact) mass is 465 g/mol. The summed E-state index contributed by atoms with van der Waals surface area (Å²) in [5.74, 6) is 1.72. The summed E-state index contributed by atoms with van der Waals surface area (Å²) in [6.45, 7) is 3.57. The van der Waals surface area contributed by atoms with E-state index in [-0.39, 0.29) is 17.2 Å². The first kappa shape index (κ1) is 19.6. The quantitative estimate of drug-likeness (QED) is 0.747. The average Bonchev–Trinajstić information content (AvgIpc) is 2.90. The van der Waals surface area contributed by atoms with Crippen molar-refractivity contribution in [3.63, 3.8) is 0 Å². The van der Waals surface area contributed by atoms with Gasteiger partial charge < -0.3 is 15.1 Å². The van der Waals surface area contributed by atoms with E-state index in [0.29, 0.717) is 0 Å². The molecule has 2 aromatic rings. The van der Waals surface area contributed by atoms with Crippen LogP contribution < -0.4 is 10.2 Å². The molecule has 7 nitrogen and oxygen atoms in total. The fraction of sp³-hybridized carbons (Fsp3) is 0.526. The van der Waals surface area contributed by atoms with Crippen molar-refractivity contribution < 1.29 is 9.53 Å². The summed E-state index contributed by atoms with van der Waals surface area (Å²) in [5, 5.41) is 8.84. The molecule has 3 heterocycles. The van der Waals surface area contributed by atoms with E-state index in [9.17, 15) is 4.79 Å². The van der Waals surface area contributed by atoms with Crippen molar-refractivity contribution in [2.24, 2.45) is 0 Å². The zero-order valence-corrected chi connectivity index (χ0v) is 18.4. The number of carbonyl (C=O) groups is 1. The maximum atomic E-state index is 13.5. The van der Waals surface area contributed by atoms with Crippen LogP contribution in [0.5, 0.6) is 5.75 Å². The molecule has 0 bridgehead atoms. The van der Waals surface area contributed by atoms with Crippen LogP contribution in [0.25, 0.3) is 0 Å². The Bertz CT molecular complexity index is 866. The number of fused-ring (bicyclic) bond motifs is 1. The molecule has 0 unspecified atom stereocenters. The SMILES string of the molecule is COc1ccc([C@H]2Nn3c(C)nnc3S[C@@H]2C(=O)N2CCCCCC2)cc1Br. The highest BCUT2D eigenvalue weighted by Gasteiger charge is 2.39. The van der Waals surface area contributed by atoms with Crippen molar-refractivity contribution in [1.82, 2.24) is 19.8 Å². The van der Waals surface area contributed by atoms with Gasteiger partial charge in [-0.25, -0.2) is 4.68 Å². The smallest absolute Gasteiger partial charge is 0.238 e. The van der Waals surface area contributed by atoms with Crippen LogP contribution in [0.3, 0.4) is 0 Å². The van der Waals surface area contributed by atoms with Crippen molar-refractivity contribution in [3.05, 3.63) is 34.1 Å². The molecular formula is C19H24BrN5O2S. The number of halogens is 1. The lowest BCUT2D eigenvalue weighted by molar-refractivity contribution is -0.131. The molecule has 1 N–H and O–H groups in total. The molecule has 0 spiro atoms. The maximum absolute atomic E-state index is 13.5. The Kier molecular flexibility index (Phi) is 5.82. The zero-order chi connectivity index (χ0) is 19.7. The van der Waals surface area contributed by atoms with Crippen molar-refractivity contribution in [2.75, 3.05) is 25.6 Å². The van der Waals surface area contributed by atoms with Crippen LogP contribution in [0, 0.1) is 6.92 Å². The number of hydrogen-bond acceptors (Lipinski definition) is 6. The number of rotatable bonds is 3. The Hall–Kier alpha value is -1.74. The molecule has 150 valence electrons. The number of hydrogen-bond donors (Lipinski definition) is 1. The van der Waals surface area contributed by atoms with Crippen LogP contribution in [0.15, 0.2) is 27.8 Å². The second-order valence-electron chi connectivity index (χ2n) is 7.14. The molecule has 0 saturated carbocycles. The molecule has 1 fully saturated rings. The Balaban J connectivity index is 1.68. The van der Waals surface area contributed by atoms with E-state index in [4.69, 9.17) is 4.74 Å². The van der Waals surface area contributed by atoms with Gasteiger partial charge >= 0.3 is 0 Å². The number of benzene rings is 1. The minimum Gasteiger partial charge on any atom is -0.496 e. The van der Waals surface area contributed by atoms with Crippen LogP contribution in [-0.2, 0) is 4.79 Å². The predicted octanol–water partition coefficient (Wildman–Crippen LogP) is 3.52. The van der Waals surface area contributed by atoms with Gasteiger partial charge in [-0.1, -0.05) is 30.7 Å². The van der Waals surface area contributed by atoms with Crippen LogP contribution in [-0.4, -0.2) is 51.1 Å². The molecule has 2 aliphatic rings. The van der Waals surface area contributed by atoms with Crippen molar-refractivity contribution >= 4 is 33.6 Å². The molecule has 2 atom stereocenters. The lowest BCUT2D eigenvalue weighted by atomic mass is 10.0. The number of likely N-dealkylation sites (tertiary alicyclic amines) is 1. The molecule has 2 aliphatic heterocycles. The maximum Gasteiger partial charge on any atom is 0.238 e. The topological polar surface area (TPSA) is 72.3 Å². The largest absolute Gasteiger partial charge is 0.496 e. The van der Waals surface area contributed by atoms with Crippen LogP contribution in [0.2, 0.25) is 0 Å². The Morgan fingerprint density at radius 2 is 2.00 bits per heavy atom. The standard InChI is InChI=1S/C19H24BrN5O2S/c1-12-21-22-19-25(12)23-16(13-7-8-15(27-2)14(20)11-13)17(28-19)18(26)24-9-5-3-4-6-10-24/h7-8,11,16-17,23H,3-6,9-10H2,1-2H3/t16-,17+/m1/s1. The first-order valence-electron chi connectivity index (χ1n) is 9.56. The highest BCUT2D eigenvalue weighted by Crippen LogP contribution is 2.39. The van der Waals surface area contributed by atoms with Gasteiger partial charge in [0.2, 0.25) is 11.1 Å². The summed E-state index contributed by atoms with van der Waals surface area (Å²) >= 11 is 5.06. The molecule has 1 saturated heterocycles. The summed E-state index contributed by atoms with van der Waals surface area (Å²) in [6, 6.07) is 5.76. The lowest BCUT2D eigenvalue weighted by Crippen LogP contribution is -2.46. The van der Waals surface area contributed by atoms with E-state index in [1.165, 1.54) is 24.6 Å². The third-order valence-corrected chi connectivity index (χ3v) is 7.12. The highest BCUT2D eigenvalue weighted by atomic mass is 79.9. The lowest BCUT2D eigenvalue weighted by Gasteiger charge is -2.35. The number of aromatic nitrogens is 3.